The van der Waals surface area contributed by atoms with Crippen molar-refractivity contribution in [2.24, 2.45) is 0 Å². The van der Waals surface area contributed by atoms with Gasteiger partial charge in [0.2, 0.25) is 10.0 Å². The third kappa shape index (κ3) is 3.94. The van der Waals surface area contributed by atoms with Crippen molar-refractivity contribution < 1.29 is 22.7 Å². The van der Waals surface area contributed by atoms with Crippen molar-refractivity contribution in [3.8, 4) is 0 Å². The summed E-state index contributed by atoms with van der Waals surface area (Å²) in [6.45, 7) is 2.82. The average molecular weight is 464 g/mol. The number of hydrogen-bond donors (Lipinski definition) is 1. The summed E-state index contributed by atoms with van der Waals surface area (Å²) in [6.07, 6.45) is 0. The second kappa shape index (κ2) is 8.23. The van der Waals surface area contributed by atoms with E-state index in [4.69, 9.17) is 16.3 Å². The standard InChI is InChI=1S/C21H22ClN3O5S/c1-21(17-7-2-3-8-18(17)22)19(26)25(20(27)23-21)14-15-5-4-6-16(13-15)31(28,29)24-9-11-30-12-10-24/h2-8,13H,9-12,14H2,1H3,(H,23,27). The van der Waals surface area contributed by atoms with Crippen molar-refractivity contribution in [3.63, 3.8) is 0 Å². The Morgan fingerprint density at radius 3 is 2.52 bits per heavy atom. The Hall–Kier alpha value is -2.46. The van der Waals surface area contributed by atoms with Gasteiger partial charge in [0.05, 0.1) is 24.7 Å². The Balaban J connectivity index is 1.59. The zero-order valence-corrected chi connectivity index (χ0v) is 18.4. The smallest absolute Gasteiger partial charge is 0.325 e. The SMILES string of the molecule is CC1(c2ccccc2Cl)NC(=O)N(Cc2cccc(S(=O)(=O)N3CCOCC3)c2)C1=O. The number of imide groups is 1. The van der Waals surface area contributed by atoms with Crippen LogP contribution in [-0.4, -0.2) is 55.9 Å². The molecule has 2 aromatic rings. The Labute approximate surface area is 185 Å². The summed E-state index contributed by atoms with van der Waals surface area (Å²) in [5, 5.41) is 3.09. The molecule has 8 nitrogen and oxygen atoms in total. The topological polar surface area (TPSA) is 96.0 Å². The highest BCUT2D eigenvalue weighted by molar-refractivity contribution is 7.89. The molecule has 0 radical (unpaired) electrons. The maximum atomic E-state index is 13.2. The van der Waals surface area contributed by atoms with E-state index in [1.165, 1.54) is 16.4 Å². The first kappa shape index (κ1) is 21.8. The second-order valence-corrected chi connectivity index (χ2v) is 9.94. The molecule has 2 fully saturated rings. The number of benzene rings is 2. The van der Waals surface area contributed by atoms with Gasteiger partial charge in [-0.2, -0.15) is 4.31 Å². The fraction of sp³-hybridized carbons (Fsp3) is 0.333. The molecule has 0 aliphatic carbocycles. The number of nitrogens with zero attached hydrogens (tertiary/aromatic N) is 2. The number of amides is 3. The third-order valence-corrected chi connectivity index (χ3v) is 7.76. The lowest BCUT2D eigenvalue weighted by molar-refractivity contribution is -0.131. The summed E-state index contributed by atoms with van der Waals surface area (Å²) in [6, 6.07) is 12.6. The number of sulfonamides is 1. The van der Waals surface area contributed by atoms with Crippen LogP contribution in [0.5, 0.6) is 0 Å². The average Bonchev–Trinajstić information content (AvgIpc) is 2.98. The van der Waals surface area contributed by atoms with Crippen LogP contribution in [-0.2, 0) is 31.6 Å². The molecule has 31 heavy (non-hydrogen) atoms. The molecule has 10 heteroatoms. The number of rotatable bonds is 5. The summed E-state index contributed by atoms with van der Waals surface area (Å²) in [7, 11) is -3.68. The Bertz CT molecular complexity index is 1130. The van der Waals surface area contributed by atoms with Crippen molar-refractivity contribution in [1.29, 1.82) is 0 Å². The fourth-order valence-corrected chi connectivity index (χ4v) is 5.62. The van der Waals surface area contributed by atoms with Crippen LogP contribution in [0.1, 0.15) is 18.1 Å². The number of urea groups is 1. The van der Waals surface area contributed by atoms with E-state index in [1.807, 2.05) is 0 Å². The summed E-state index contributed by atoms with van der Waals surface area (Å²) in [5.41, 5.74) is -0.269. The van der Waals surface area contributed by atoms with Gasteiger partial charge in [0.25, 0.3) is 5.91 Å². The lowest BCUT2D eigenvalue weighted by Crippen LogP contribution is -2.41. The first-order valence-corrected chi connectivity index (χ1v) is 11.6. The highest BCUT2D eigenvalue weighted by atomic mass is 35.5. The molecule has 2 saturated heterocycles. The van der Waals surface area contributed by atoms with E-state index in [2.05, 4.69) is 5.32 Å². The monoisotopic (exact) mass is 463 g/mol. The van der Waals surface area contributed by atoms with Gasteiger partial charge in [-0.15, -0.1) is 0 Å². The van der Waals surface area contributed by atoms with E-state index in [9.17, 15) is 18.0 Å². The number of nitrogens with one attached hydrogen (secondary N) is 1. The second-order valence-electron chi connectivity index (χ2n) is 7.59. The molecule has 1 N–H and O–H groups in total. The van der Waals surface area contributed by atoms with Crippen molar-refractivity contribution in [2.75, 3.05) is 26.3 Å². The molecule has 2 aliphatic rings. The van der Waals surface area contributed by atoms with E-state index in [-0.39, 0.29) is 24.5 Å². The van der Waals surface area contributed by atoms with Crippen molar-refractivity contribution in [2.45, 2.75) is 23.9 Å². The van der Waals surface area contributed by atoms with Gasteiger partial charge in [-0.3, -0.25) is 9.69 Å². The summed E-state index contributed by atoms with van der Waals surface area (Å²) < 4.78 is 32.5. The summed E-state index contributed by atoms with van der Waals surface area (Å²) in [4.78, 5) is 27.0. The van der Waals surface area contributed by atoms with Crippen LogP contribution in [0.2, 0.25) is 5.02 Å². The number of morpholine rings is 1. The molecule has 2 aliphatic heterocycles. The normalized spacial score (nSPS) is 22.6. The summed E-state index contributed by atoms with van der Waals surface area (Å²) in [5.74, 6) is -0.452. The molecule has 1 atom stereocenters. The van der Waals surface area contributed by atoms with Gasteiger partial charge in [0.1, 0.15) is 5.54 Å². The molecule has 164 valence electrons. The molecule has 1 unspecified atom stereocenters. The minimum absolute atomic E-state index is 0.0584. The van der Waals surface area contributed by atoms with Crippen LogP contribution in [0.3, 0.4) is 0 Å². The fourth-order valence-electron chi connectivity index (χ4n) is 3.81. The van der Waals surface area contributed by atoms with E-state index >= 15 is 0 Å². The lowest BCUT2D eigenvalue weighted by atomic mass is 9.92. The molecular formula is C21H22ClN3O5S. The number of halogens is 1. The number of ether oxygens (including phenoxy) is 1. The molecule has 0 spiro atoms. The Kier molecular flexibility index (Phi) is 5.78. The molecule has 4 rings (SSSR count). The predicted octanol–water partition coefficient (Wildman–Crippen LogP) is 2.33. The third-order valence-electron chi connectivity index (χ3n) is 5.53. The molecule has 2 heterocycles. The Morgan fingerprint density at radius 2 is 1.81 bits per heavy atom. The van der Waals surface area contributed by atoms with Gasteiger partial charge in [0, 0.05) is 23.7 Å². The van der Waals surface area contributed by atoms with Crippen molar-refractivity contribution in [3.05, 3.63) is 64.7 Å². The van der Waals surface area contributed by atoms with Crippen molar-refractivity contribution >= 4 is 33.6 Å². The number of hydrogen-bond acceptors (Lipinski definition) is 5. The minimum atomic E-state index is -3.68. The van der Waals surface area contributed by atoms with Crippen LogP contribution < -0.4 is 5.32 Å². The maximum Gasteiger partial charge on any atom is 0.325 e. The molecule has 0 bridgehead atoms. The predicted molar refractivity (Wildman–Crippen MR) is 114 cm³/mol. The molecule has 3 amide bonds. The first-order valence-electron chi connectivity index (χ1n) is 9.79. The summed E-state index contributed by atoms with van der Waals surface area (Å²) >= 11 is 6.26. The zero-order chi connectivity index (χ0) is 22.2. The molecular weight excluding hydrogens is 442 g/mol. The van der Waals surface area contributed by atoms with Crippen LogP contribution in [0.25, 0.3) is 0 Å². The first-order chi connectivity index (χ1) is 14.7. The van der Waals surface area contributed by atoms with E-state index < -0.39 is 27.5 Å². The number of carbonyl (C=O) groups is 2. The van der Waals surface area contributed by atoms with E-state index in [0.717, 1.165) is 4.90 Å². The van der Waals surface area contributed by atoms with Gasteiger partial charge in [-0.05, 0) is 30.7 Å². The molecule has 0 aromatic heterocycles. The van der Waals surface area contributed by atoms with Crippen LogP contribution in [0, 0.1) is 0 Å². The molecule has 0 saturated carbocycles. The largest absolute Gasteiger partial charge is 0.379 e. The van der Waals surface area contributed by atoms with Gasteiger partial charge in [-0.1, -0.05) is 41.9 Å². The van der Waals surface area contributed by atoms with Crippen LogP contribution >= 0.6 is 11.6 Å². The number of carbonyl (C=O) groups excluding carboxylic acids is 2. The van der Waals surface area contributed by atoms with Crippen molar-refractivity contribution in [1.82, 2.24) is 14.5 Å². The Morgan fingerprint density at radius 1 is 1.10 bits per heavy atom. The quantitative estimate of drug-likeness (QED) is 0.686. The highest BCUT2D eigenvalue weighted by Crippen LogP contribution is 2.34. The van der Waals surface area contributed by atoms with Gasteiger partial charge in [0.15, 0.2) is 0 Å². The minimum Gasteiger partial charge on any atom is -0.379 e. The zero-order valence-electron chi connectivity index (χ0n) is 16.9. The van der Waals surface area contributed by atoms with E-state index in [0.29, 0.717) is 29.4 Å². The van der Waals surface area contributed by atoms with Gasteiger partial charge >= 0.3 is 6.03 Å². The van der Waals surface area contributed by atoms with Crippen LogP contribution in [0.4, 0.5) is 4.79 Å². The lowest BCUT2D eigenvalue weighted by Gasteiger charge is -2.26. The van der Waals surface area contributed by atoms with E-state index in [1.54, 1.807) is 43.3 Å². The highest BCUT2D eigenvalue weighted by Gasteiger charge is 2.49. The molecule has 2 aromatic carbocycles. The maximum absolute atomic E-state index is 13.2. The van der Waals surface area contributed by atoms with Gasteiger partial charge in [-0.25, -0.2) is 13.2 Å². The van der Waals surface area contributed by atoms with Gasteiger partial charge < -0.3 is 10.1 Å². The van der Waals surface area contributed by atoms with Crippen LogP contribution in [0.15, 0.2) is 53.4 Å².